The zero-order valence-electron chi connectivity index (χ0n) is 7.78. The molecule has 0 aliphatic heterocycles. The Balaban J connectivity index is 2.96. The number of nitriles is 1. The van der Waals surface area contributed by atoms with Crippen LogP contribution in [0.3, 0.4) is 0 Å². The van der Waals surface area contributed by atoms with Crippen molar-refractivity contribution in [3.63, 3.8) is 0 Å². The van der Waals surface area contributed by atoms with E-state index in [1.54, 1.807) is 32.2 Å². The van der Waals surface area contributed by atoms with Crippen molar-refractivity contribution < 1.29 is 5.11 Å². The first-order valence-electron chi connectivity index (χ1n) is 4.09. The molecule has 0 fully saturated rings. The first-order chi connectivity index (χ1) is 6.03. The zero-order valence-corrected chi connectivity index (χ0v) is 7.78. The topological polar surface area (TPSA) is 56.9 Å². The second-order valence-corrected chi connectivity index (χ2v) is 3.60. The first-order valence-corrected chi connectivity index (χ1v) is 4.09. The van der Waals surface area contributed by atoms with Crippen molar-refractivity contribution in [3.8, 4) is 6.07 Å². The summed E-state index contributed by atoms with van der Waals surface area (Å²) in [5, 5.41) is 18.3. The van der Waals surface area contributed by atoms with Crippen molar-refractivity contribution in [1.82, 2.24) is 4.98 Å². The molecular formula is C10H12N2O. The predicted octanol–water partition coefficient (Wildman–Crippen LogP) is 1.27. The number of pyridine rings is 1. The number of rotatable bonds is 2. The van der Waals surface area contributed by atoms with Crippen LogP contribution in [0.15, 0.2) is 18.3 Å². The van der Waals surface area contributed by atoms with Gasteiger partial charge in [-0.1, -0.05) is 0 Å². The molecule has 0 aliphatic carbocycles. The fraction of sp³-hybridized carbons (Fsp3) is 0.400. The Morgan fingerprint density at radius 3 is 2.85 bits per heavy atom. The second kappa shape index (κ2) is 3.55. The Morgan fingerprint density at radius 1 is 1.62 bits per heavy atom. The smallest absolute Gasteiger partial charge is 0.101 e. The molecule has 1 aromatic rings. The molecule has 1 heterocycles. The molecule has 0 spiro atoms. The molecule has 68 valence electrons. The highest BCUT2D eigenvalue weighted by Crippen LogP contribution is 2.13. The van der Waals surface area contributed by atoms with Gasteiger partial charge in [0.05, 0.1) is 16.9 Å². The quantitative estimate of drug-likeness (QED) is 0.738. The lowest BCUT2D eigenvalue weighted by Gasteiger charge is -2.16. The molecule has 3 heteroatoms. The number of nitrogens with zero attached hydrogens (tertiary/aromatic N) is 2. The largest absolute Gasteiger partial charge is 0.390 e. The molecule has 1 N–H and O–H groups in total. The lowest BCUT2D eigenvalue weighted by atomic mass is 10.00. The van der Waals surface area contributed by atoms with Gasteiger partial charge in [0.1, 0.15) is 6.07 Å². The van der Waals surface area contributed by atoms with Gasteiger partial charge >= 0.3 is 0 Å². The van der Waals surface area contributed by atoms with E-state index in [9.17, 15) is 5.11 Å². The maximum Gasteiger partial charge on any atom is 0.101 e. The Morgan fingerprint density at radius 2 is 2.31 bits per heavy atom. The predicted molar refractivity (Wildman–Crippen MR) is 49.0 cm³/mol. The van der Waals surface area contributed by atoms with E-state index in [0.29, 0.717) is 17.7 Å². The van der Waals surface area contributed by atoms with E-state index in [0.717, 1.165) is 0 Å². The van der Waals surface area contributed by atoms with Crippen molar-refractivity contribution in [2.24, 2.45) is 0 Å². The fourth-order valence-corrected chi connectivity index (χ4v) is 1.09. The second-order valence-electron chi connectivity index (χ2n) is 3.60. The Hall–Kier alpha value is -1.40. The average Bonchev–Trinajstić information content (AvgIpc) is 2.02. The summed E-state index contributed by atoms with van der Waals surface area (Å²) >= 11 is 0. The van der Waals surface area contributed by atoms with Crippen LogP contribution in [0.25, 0.3) is 0 Å². The molecule has 0 saturated heterocycles. The molecule has 13 heavy (non-hydrogen) atoms. The average molecular weight is 176 g/mol. The van der Waals surface area contributed by atoms with Crippen LogP contribution in [0.4, 0.5) is 0 Å². The summed E-state index contributed by atoms with van der Waals surface area (Å²) in [6.07, 6.45) is 2.03. The minimum Gasteiger partial charge on any atom is -0.390 e. The van der Waals surface area contributed by atoms with Gasteiger partial charge in [0.15, 0.2) is 0 Å². The summed E-state index contributed by atoms with van der Waals surface area (Å²) in [5.41, 5.74) is 0.363. The molecule has 0 bridgehead atoms. The monoisotopic (exact) mass is 176 g/mol. The lowest BCUT2D eigenvalue weighted by molar-refractivity contribution is 0.0799. The van der Waals surface area contributed by atoms with Crippen molar-refractivity contribution in [2.45, 2.75) is 25.9 Å². The molecule has 0 unspecified atom stereocenters. The standard InChI is InChI=1S/C10H12N2O/c1-10(2,13)6-9-8(7-11)4-3-5-12-9/h3-5,13H,6H2,1-2H3. The number of aromatic nitrogens is 1. The van der Waals surface area contributed by atoms with Crippen molar-refractivity contribution in [3.05, 3.63) is 29.6 Å². The van der Waals surface area contributed by atoms with Gasteiger partial charge in [-0.2, -0.15) is 5.26 Å². The van der Waals surface area contributed by atoms with Crippen molar-refractivity contribution in [1.29, 1.82) is 5.26 Å². The third kappa shape index (κ3) is 2.85. The van der Waals surface area contributed by atoms with Crippen LogP contribution < -0.4 is 0 Å². The van der Waals surface area contributed by atoms with Gasteiger partial charge in [0, 0.05) is 12.6 Å². The van der Waals surface area contributed by atoms with Gasteiger partial charge in [-0.3, -0.25) is 4.98 Å². The van der Waals surface area contributed by atoms with Crippen LogP contribution in [0.1, 0.15) is 25.1 Å². The van der Waals surface area contributed by atoms with E-state index >= 15 is 0 Å². The highest BCUT2D eigenvalue weighted by Gasteiger charge is 2.16. The number of hydrogen-bond acceptors (Lipinski definition) is 3. The van der Waals surface area contributed by atoms with Crippen LogP contribution in [-0.4, -0.2) is 15.7 Å². The molecular weight excluding hydrogens is 164 g/mol. The Labute approximate surface area is 77.7 Å². The van der Waals surface area contributed by atoms with Crippen LogP contribution in [0.5, 0.6) is 0 Å². The van der Waals surface area contributed by atoms with Crippen molar-refractivity contribution in [2.75, 3.05) is 0 Å². The highest BCUT2D eigenvalue weighted by molar-refractivity contribution is 5.33. The van der Waals surface area contributed by atoms with E-state index in [4.69, 9.17) is 5.26 Å². The maximum atomic E-state index is 9.54. The molecule has 0 aromatic carbocycles. The molecule has 1 rings (SSSR count). The SMILES string of the molecule is CC(C)(O)Cc1ncccc1C#N. The van der Waals surface area contributed by atoms with E-state index in [2.05, 4.69) is 4.98 Å². The Bertz CT molecular complexity index is 334. The first kappa shape index (κ1) is 9.69. The summed E-state index contributed by atoms with van der Waals surface area (Å²) in [6.45, 7) is 3.39. The highest BCUT2D eigenvalue weighted by atomic mass is 16.3. The third-order valence-corrected chi connectivity index (χ3v) is 1.61. The zero-order chi connectivity index (χ0) is 9.90. The molecule has 3 nitrogen and oxygen atoms in total. The minimum absolute atomic E-state index is 0.400. The van der Waals surface area contributed by atoms with Crippen molar-refractivity contribution >= 4 is 0 Å². The van der Waals surface area contributed by atoms with E-state index < -0.39 is 5.60 Å². The van der Waals surface area contributed by atoms with Crippen LogP contribution in [0.2, 0.25) is 0 Å². The summed E-state index contributed by atoms with van der Waals surface area (Å²) in [7, 11) is 0. The van der Waals surface area contributed by atoms with Gasteiger partial charge in [0.2, 0.25) is 0 Å². The normalized spacial score (nSPS) is 10.9. The maximum absolute atomic E-state index is 9.54. The van der Waals surface area contributed by atoms with Gasteiger partial charge in [-0.25, -0.2) is 0 Å². The molecule has 0 atom stereocenters. The molecule has 0 radical (unpaired) electrons. The summed E-state index contributed by atoms with van der Waals surface area (Å²) < 4.78 is 0. The fourth-order valence-electron chi connectivity index (χ4n) is 1.09. The number of hydrogen-bond donors (Lipinski definition) is 1. The van der Waals surface area contributed by atoms with Gasteiger partial charge in [-0.05, 0) is 26.0 Å². The van der Waals surface area contributed by atoms with Crippen LogP contribution >= 0.6 is 0 Å². The Kier molecular flexibility index (Phi) is 2.64. The molecule has 1 aromatic heterocycles. The van der Waals surface area contributed by atoms with E-state index in [1.165, 1.54) is 0 Å². The number of aliphatic hydroxyl groups is 1. The van der Waals surface area contributed by atoms with E-state index in [-0.39, 0.29) is 0 Å². The summed E-state index contributed by atoms with van der Waals surface area (Å²) in [6, 6.07) is 5.46. The molecule has 0 aliphatic rings. The molecule has 0 saturated carbocycles. The summed E-state index contributed by atoms with van der Waals surface area (Å²) in [4.78, 5) is 4.05. The van der Waals surface area contributed by atoms with E-state index in [1.807, 2.05) is 6.07 Å². The van der Waals surface area contributed by atoms with Gasteiger partial charge < -0.3 is 5.11 Å². The minimum atomic E-state index is -0.819. The molecule has 0 amide bonds. The van der Waals surface area contributed by atoms with Gasteiger partial charge in [-0.15, -0.1) is 0 Å². The van der Waals surface area contributed by atoms with Crippen LogP contribution in [0, 0.1) is 11.3 Å². The van der Waals surface area contributed by atoms with Gasteiger partial charge in [0.25, 0.3) is 0 Å². The lowest BCUT2D eigenvalue weighted by Crippen LogP contribution is -2.23. The summed E-state index contributed by atoms with van der Waals surface area (Å²) in [5.74, 6) is 0. The third-order valence-electron chi connectivity index (χ3n) is 1.61. The van der Waals surface area contributed by atoms with Crippen LogP contribution in [-0.2, 0) is 6.42 Å².